The lowest BCUT2D eigenvalue weighted by atomic mass is 10.1. The molecular weight excluding hydrogens is 358 g/mol. The van der Waals surface area contributed by atoms with Crippen molar-refractivity contribution in [2.45, 2.75) is 13.8 Å². The summed E-state index contributed by atoms with van der Waals surface area (Å²) in [7, 11) is 0. The largest absolute Gasteiger partial charge is 0.365 e. The van der Waals surface area contributed by atoms with E-state index in [-0.39, 0.29) is 18.2 Å². The highest BCUT2D eigenvalue weighted by Gasteiger charge is 2.36. The van der Waals surface area contributed by atoms with Crippen molar-refractivity contribution in [2.75, 3.05) is 24.5 Å². The predicted molar refractivity (Wildman–Crippen MR) is 105 cm³/mol. The van der Waals surface area contributed by atoms with E-state index in [0.29, 0.717) is 29.9 Å². The first-order valence-corrected chi connectivity index (χ1v) is 9.10. The summed E-state index contributed by atoms with van der Waals surface area (Å²) >= 11 is 0. The molecule has 3 rings (SSSR count). The Kier molecular flexibility index (Phi) is 5.84. The second-order valence-electron chi connectivity index (χ2n) is 6.16. The van der Waals surface area contributed by atoms with E-state index in [4.69, 9.17) is 4.84 Å². The Labute approximate surface area is 163 Å². The SMILES string of the molecule is CCN(CC)C(=O)CN1C(=O)/C(=N\OC(=O)c2ccccc2)c2ccccc21. The van der Waals surface area contributed by atoms with Gasteiger partial charge in [-0.15, -0.1) is 0 Å². The van der Waals surface area contributed by atoms with Crippen LogP contribution in [-0.4, -0.2) is 48.0 Å². The zero-order valence-electron chi connectivity index (χ0n) is 15.8. The third kappa shape index (κ3) is 3.78. The molecule has 0 fully saturated rings. The van der Waals surface area contributed by atoms with Crippen molar-refractivity contribution in [1.82, 2.24) is 4.90 Å². The average Bonchev–Trinajstić information content (AvgIpc) is 2.99. The molecule has 0 atom stereocenters. The van der Waals surface area contributed by atoms with Crippen LogP contribution in [-0.2, 0) is 14.4 Å². The molecule has 2 aromatic carbocycles. The predicted octanol–water partition coefficient (Wildman–Crippen LogP) is 2.46. The maximum Gasteiger partial charge on any atom is 0.365 e. The Hall–Kier alpha value is -3.48. The van der Waals surface area contributed by atoms with E-state index >= 15 is 0 Å². The number of anilines is 1. The van der Waals surface area contributed by atoms with Gasteiger partial charge >= 0.3 is 5.97 Å². The van der Waals surface area contributed by atoms with E-state index < -0.39 is 11.9 Å². The molecule has 1 aliphatic heterocycles. The molecule has 0 spiro atoms. The number of oxime groups is 1. The number of carbonyl (C=O) groups excluding carboxylic acids is 3. The summed E-state index contributed by atoms with van der Waals surface area (Å²) in [4.78, 5) is 45.5. The molecule has 0 bridgehead atoms. The molecule has 0 radical (unpaired) electrons. The maximum atomic E-state index is 12.9. The first kappa shape index (κ1) is 19.3. The zero-order valence-corrected chi connectivity index (χ0v) is 15.8. The molecule has 0 aliphatic carbocycles. The second kappa shape index (κ2) is 8.47. The van der Waals surface area contributed by atoms with Crippen LogP contribution in [0.15, 0.2) is 59.8 Å². The molecule has 1 heterocycles. The molecule has 2 amide bonds. The fraction of sp³-hybridized carbons (Fsp3) is 0.238. The van der Waals surface area contributed by atoms with E-state index in [1.807, 2.05) is 13.8 Å². The average molecular weight is 379 g/mol. The van der Waals surface area contributed by atoms with Crippen molar-refractivity contribution in [1.29, 1.82) is 0 Å². The van der Waals surface area contributed by atoms with E-state index in [1.165, 1.54) is 4.90 Å². The molecular formula is C21H21N3O4. The lowest BCUT2D eigenvalue weighted by Gasteiger charge is -2.23. The quantitative estimate of drug-likeness (QED) is 0.570. The molecule has 2 aromatic rings. The fourth-order valence-corrected chi connectivity index (χ4v) is 3.03. The Balaban J connectivity index is 1.84. The molecule has 0 saturated carbocycles. The Morgan fingerprint density at radius 3 is 2.32 bits per heavy atom. The topological polar surface area (TPSA) is 79.3 Å². The summed E-state index contributed by atoms with van der Waals surface area (Å²) in [5.41, 5.74) is 1.44. The van der Waals surface area contributed by atoms with Gasteiger partial charge in [0, 0.05) is 18.7 Å². The van der Waals surface area contributed by atoms with Crippen molar-refractivity contribution in [3.8, 4) is 0 Å². The van der Waals surface area contributed by atoms with Gasteiger partial charge in [-0.3, -0.25) is 14.5 Å². The minimum Gasteiger partial charge on any atom is -0.342 e. The molecule has 28 heavy (non-hydrogen) atoms. The Morgan fingerprint density at radius 2 is 1.64 bits per heavy atom. The van der Waals surface area contributed by atoms with Crippen LogP contribution in [0.5, 0.6) is 0 Å². The molecule has 0 saturated heterocycles. The fourth-order valence-electron chi connectivity index (χ4n) is 3.03. The summed E-state index contributed by atoms with van der Waals surface area (Å²) in [5.74, 6) is -1.28. The first-order chi connectivity index (χ1) is 13.6. The minimum atomic E-state index is -0.656. The van der Waals surface area contributed by atoms with Crippen LogP contribution in [0.4, 0.5) is 5.69 Å². The van der Waals surface area contributed by atoms with Gasteiger partial charge < -0.3 is 9.74 Å². The normalized spacial score (nSPS) is 14.1. The number of amides is 2. The Bertz CT molecular complexity index is 920. The highest BCUT2D eigenvalue weighted by Crippen LogP contribution is 2.29. The van der Waals surface area contributed by atoms with Crippen LogP contribution in [0.3, 0.4) is 0 Å². The van der Waals surface area contributed by atoms with Gasteiger partial charge in [0.15, 0.2) is 5.71 Å². The van der Waals surface area contributed by atoms with E-state index in [9.17, 15) is 14.4 Å². The number of para-hydroxylation sites is 1. The highest BCUT2D eigenvalue weighted by molar-refractivity contribution is 6.54. The number of fused-ring (bicyclic) bond motifs is 1. The second-order valence-corrected chi connectivity index (χ2v) is 6.16. The van der Waals surface area contributed by atoms with Crippen molar-refractivity contribution < 1.29 is 19.2 Å². The third-order valence-electron chi connectivity index (χ3n) is 4.54. The van der Waals surface area contributed by atoms with Crippen molar-refractivity contribution in [3.05, 3.63) is 65.7 Å². The smallest absolute Gasteiger partial charge is 0.342 e. The number of hydrogen-bond donors (Lipinski definition) is 0. The number of carbonyl (C=O) groups is 3. The van der Waals surface area contributed by atoms with Crippen molar-refractivity contribution >= 4 is 29.2 Å². The number of nitrogens with zero attached hydrogens (tertiary/aromatic N) is 3. The molecule has 1 aliphatic rings. The minimum absolute atomic E-state index is 0.00669. The van der Waals surface area contributed by atoms with E-state index in [2.05, 4.69) is 5.16 Å². The summed E-state index contributed by atoms with van der Waals surface area (Å²) < 4.78 is 0. The van der Waals surface area contributed by atoms with Crippen molar-refractivity contribution in [3.63, 3.8) is 0 Å². The maximum absolute atomic E-state index is 12.9. The van der Waals surface area contributed by atoms with Crippen LogP contribution < -0.4 is 4.90 Å². The number of rotatable bonds is 6. The Morgan fingerprint density at radius 1 is 1.00 bits per heavy atom. The van der Waals surface area contributed by atoms with Gasteiger partial charge in [-0.25, -0.2) is 4.79 Å². The number of likely N-dealkylation sites (N-methyl/N-ethyl adjacent to an activating group) is 1. The highest BCUT2D eigenvalue weighted by atomic mass is 16.7. The van der Waals surface area contributed by atoms with Gasteiger partial charge in [-0.2, -0.15) is 0 Å². The summed E-state index contributed by atoms with van der Waals surface area (Å²) in [6.07, 6.45) is 0. The third-order valence-corrected chi connectivity index (χ3v) is 4.54. The van der Waals surface area contributed by atoms with Crippen LogP contribution >= 0.6 is 0 Å². The van der Waals surface area contributed by atoms with E-state index in [1.54, 1.807) is 59.5 Å². The summed E-state index contributed by atoms with van der Waals surface area (Å²) in [6.45, 7) is 4.81. The van der Waals surface area contributed by atoms with Gasteiger partial charge in [0.25, 0.3) is 5.91 Å². The van der Waals surface area contributed by atoms with Gasteiger partial charge in [0.05, 0.1) is 11.3 Å². The van der Waals surface area contributed by atoms with Gasteiger partial charge in [-0.1, -0.05) is 41.6 Å². The number of benzene rings is 2. The van der Waals surface area contributed by atoms with Crippen LogP contribution in [0.2, 0.25) is 0 Å². The first-order valence-electron chi connectivity index (χ1n) is 9.10. The standard InChI is InChI=1S/C21H21N3O4/c1-3-23(4-2)18(25)14-24-17-13-9-8-12-16(17)19(20(24)26)22-28-21(27)15-10-6-5-7-11-15/h5-13H,3-4,14H2,1-2H3/b22-19-. The zero-order chi connectivity index (χ0) is 20.1. The van der Waals surface area contributed by atoms with Crippen LogP contribution in [0, 0.1) is 0 Å². The van der Waals surface area contributed by atoms with Gasteiger partial charge in [-0.05, 0) is 32.0 Å². The summed E-state index contributed by atoms with van der Waals surface area (Å²) in [5, 5.41) is 3.82. The molecule has 0 unspecified atom stereocenters. The van der Waals surface area contributed by atoms with Crippen LogP contribution in [0.25, 0.3) is 0 Å². The van der Waals surface area contributed by atoms with E-state index in [0.717, 1.165) is 0 Å². The monoisotopic (exact) mass is 379 g/mol. The van der Waals surface area contributed by atoms with Crippen molar-refractivity contribution in [2.24, 2.45) is 5.16 Å². The number of hydrogen-bond acceptors (Lipinski definition) is 5. The molecule has 7 heteroatoms. The lowest BCUT2D eigenvalue weighted by molar-refractivity contribution is -0.130. The lowest BCUT2D eigenvalue weighted by Crippen LogP contribution is -2.42. The summed E-state index contributed by atoms with van der Waals surface area (Å²) in [6, 6.07) is 15.4. The van der Waals surface area contributed by atoms with Crippen LogP contribution in [0.1, 0.15) is 29.8 Å². The molecule has 7 nitrogen and oxygen atoms in total. The molecule has 144 valence electrons. The molecule has 0 N–H and O–H groups in total. The van der Waals surface area contributed by atoms with Gasteiger partial charge in [0.2, 0.25) is 5.91 Å². The molecule has 0 aromatic heterocycles. The van der Waals surface area contributed by atoms with Gasteiger partial charge in [0.1, 0.15) is 6.54 Å².